The molecule has 136 valence electrons. The summed E-state index contributed by atoms with van der Waals surface area (Å²) in [5, 5.41) is 14.5. The van der Waals surface area contributed by atoms with E-state index < -0.39 is 0 Å². The van der Waals surface area contributed by atoms with Gasteiger partial charge in [-0.1, -0.05) is 42.1 Å². The van der Waals surface area contributed by atoms with Gasteiger partial charge in [0, 0.05) is 28.9 Å². The molecule has 0 saturated carbocycles. The van der Waals surface area contributed by atoms with Crippen molar-refractivity contribution in [1.82, 2.24) is 20.1 Å². The molecule has 2 aromatic heterocycles. The molecule has 0 bridgehead atoms. The van der Waals surface area contributed by atoms with E-state index in [-0.39, 0.29) is 5.91 Å². The monoisotopic (exact) mass is 386 g/mol. The molecule has 0 atom stereocenters. The van der Waals surface area contributed by atoms with Crippen LogP contribution in [0.3, 0.4) is 0 Å². The predicted octanol–water partition coefficient (Wildman–Crippen LogP) is 4.05. The number of thioether (sulfide) groups is 1. The molecule has 0 aliphatic rings. The molecule has 1 aromatic carbocycles. The summed E-state index contributed by atoms with van der Waals surface area (Å²) in [5.41, 5.74) is 3.46. The second-order valence-corrected chi connectivity index (χ2v) is 7.96. The Morgan fingerprint density at radius 3 is 2.65 bits per heavy atom. The molecular weight excluding hydrogens is 364 g/mol. The third kappa shape index (κ3) is 4.16. The number of nitrogens with one attached hydrogen (secondary N) is 1. The second kappa shape index (κ2) is 8.51. The molecule has 0 spiro atoms. The lowest BCUT2D eigenvalue weighted by Gasteiger charge is -2.08. The number of aryl methyl sites for hydroxylation is 1. The predicted molar refractivity (Wildman–Crippen MR) is 107 cm³/mol. The molecule has 0 radical (unpaired) electrons. The Morgan fingerprint density at radius 2 is 2.00 bits per heavy atom. The molecule has 0 saturated heterocycles. The molecule has 0 fully saturated rings. The van der Waals surface area contributed by atoms with Crippen LogP contribution in [0.4, 0.5) is 0 Å². The minimum Gasteiger partial charge on any atom is -0.351 e. The van der Waals surface area contributed by atoms with Crippen LogP contribution in [0.25, 0.3) is 11.4 Å². The van der Waals surface area contributed by atoms with Crippen LogP contribution in [0, 0.1) is 13.8 Å². The Hall–Kier alpha value is -2.12. The van der Waals surface area contributed by atoms with Crippen molar-refractivity contribution in [1.29, 1.82) is 0 Å². The highest BCUT2D eigenvalue weighted by molar-refractivity contribution is 7.99. The number of carbonyl (C=O) groups excluding carboxylic acids is 1. The molecule has 26 heavy (non-hydrogen) atoms. The van der Waals surface area contributed by atoms with E-state index in [1.54, 1.807) is 11.3 Å². The first kappa shape index (κ1) is 18.7. The highest BCUT2D eigenvalue weighted by Crippen LogP contribution is 2.31. The largest absolute Gasteiger partial charge is 0.351 e. The Morgan fingerprint density at radius 1 is 1.23 bits per heavy atom. The summed E-state index contributed by atoms with van der Waals surface area (Å²) < 4.78 is 2.07. The lowest BCUT2D eigenvalue weighted by Crippen LogP contribution is -2.24. The van der Waals surface area contributed by atoms with Gasteiger partial charge in [-0.2, -0.15) is 0 Å². The van der Waals surface area contributed by atoms with Crippen LogP contribution >= 0.6 is 23.1 Å². The van der Waals surface area contributed by atoms with Gasteiger partial charge in [-0.05, 0) is 31.9 Å². The minimum atomic E-state index is -0.00591. The molecule has 0 unspecified atom stereocenters. The molecular formula is C19H22N4OS2. The van der Waals surface area contributed by atoms with Gasteiger partial charge in [0.25, 0.3) is 0 Å². The van der Waals surface area contributed by atoms with Gasteiger partial charge < -0.3 is 9.88 Å². The summed E-state index contributed by atoms with van der Waals surface area (Å²) in [5.74, 6) is 1.20. The number of carbonyl (C=O) groups is 1. The van der Waals surface area contributed by atoms with Crippen molar-refractivity contribution in [3.8, 4) is 11.4 Å². The fourth-order valence-electron chi connectivity index (χ4n) is 2.59. The van der Waals surface area contributed by atoms with Gasteiger partial charge in [0.05, 0.1) is 5.75 Å². The number of hydrogen-bond donors (Lipinski definition) is 1. The number of benzene rings is 1. The van der Waals surface area contributed by atoms with Crippen molar-refractivity contribution >= 4 is 29.0 Å². The summed E-state index contributed by atoms with van der Waals surface area (Å²) in [6.45, 7) is 7.60. The van der Waals surface area contributed by atoms with Crippen molar-refractivity contribution in [2.24, 2.45) is 0 Å². The molecule has 3 rings (SSSR count). The highest BCUT2D eigenvalue weighted by atomic mass is 32.2. The average Bonchev–Trinajstić information content (AvgIpc) is 3.22. The van der Waals surface area contributed by atoms with E-state index in [9.17, 15) is 4.79 Å². The molecule has 2 heterocycles. The number of nitrogens with zero attached hydrogens (tertiary/aromatic N) is 3. The third-order valence-corrected chi connectivity index (χ3v) is 6.20. The summed E-state index contributed by atoms with van der Waals surface area (Å²) >= 11 is 3.15. The lowest BCUT2D eigenvalue weighted by atomic mass is 10.1. The van der Waals surface area contributed by atoms with Gasteiger partial charge >= 0.3 is 0 Å². The van der Waals surface area contributed by atoms with Gasteiger partial charge in [0.1, 0.15) is 0 Å². The highest BCUT2D eigenvalue weighted by Gasteiger charge is 2.17. The molecule has 5 nitrogen and oxygen atoms in total. The summed E-state index contributed by atoms with van der Waals surface area (Å²) in [6, 6.07) is 9.90. The first-order valence-electron chi connectivity index (χ1n) is 8.51. The van der Waals surface area contributed by atoms with Gasteiger partial charge in [0.15, 0.2) is 11.0 Å². The molecule has 7 heteroatoms. The first-order valence-corrected chi connectivity index (χ1v) is 10.4. The standard InChI is InChI=1S/C19H22N4OS2/c1-4-23-18(16-11-25-14(3)13(16)2)21-22-19(23)26-12-17(24)20-10-15-8-6-5-7-9-15/h5-9,11H,4,10,12H2,1-3H3,(H,20,24). The molecule has 3 aromatic rings. The third-order valence-electron chi connectivity index (χ3n) is 4.22. The Bertz CT molecular complexity index is 886. The Balaban J connectivity index is 1.63. The van der Waals surface area contributed by atoms with Gasteiger partial charge in [-0.3, -0.25) is 4.79 Å². The quantitative estimate of drug-likeness (QED) is 0.622. The Labute approximate surface area is 161 Å². The van der Waals surface area contributed by atoms with Gasteiger partial charge in [-0.25, -0.2) is 0 Å². The van der Waals surface area contributed by atoms with E-state index in [0.717, 1.165) is 28.7 Å². The van der Waals surface area contributed by atoms with E-state index in [2.05, 4.69) is 46.2 Å². The van der Waals surface area contributed by atoms with E-state index in [1.165, 1.54) is 22.2 Å². The number of thiophene rings is 1. The maximum atomic E-state index is 12.1. The zero-order valence-electron chi connectivity index (χ0n) is 15.2. The van der Waals surface area contributed by atoms with Crippen molar-refractivity contribution in [2.45, 2.75) is 39.0 Å². The van der Waals surface area contributed by atoms with Crippen molar-refractivity contribution in [3.63, 3.8) is 0 Å². The fourth-order valence-corrected chi connectivity index (χ4v) is 4.29. The van der Waals surface area contributed by atoms with Crippen LogP contribution in [-0.2, 0) is 17.9 Å². The molecule has 0 aliphatic carbocycles. The average molecular weight is 387 g/mol. The first-order chi connectivity index (χ1) is 12.6. The maximum absolute atomic E-state index is 12.1. The maximum Gasteiger partial charge on any atom is 0.230 e. The molecule has 1 amide bonds. The SMILES string of the molecule is CCn1c(SCC(=O)NCc2ccccc2)nnc1-c1csc(C)c1C. The van der Waals surface area contributed by atoms with E-state index in [0.29, 0.717) is 12.3 Å². The number of rotatable bonds is 7. The summed E-state index contributed by atoms with van der Waals surface area (Å²) in [4.78, 5) is 13.4. The second-order valence-electron chi connectivity index (χ2n) is 5.93. The van der Waals surface area contributed by atoms with E-state index in [4.69, 9.17) is 0 Å². The van der Waals surface area contributed by atoms with Gasteiger partial charge in [-0.15, -0.1) is 21.5 Å². The fraction of sp³-hybridized carbons (Fsp3) is 0.316. The topological polar surface area (TPSA) is 59.8 Å². The lowest BCUT2D eigenvalue weighted by molar-refractivity contribution is -0.118. The minimum absolute atomic E-state index is 0.00591. The van der Waals surface area contributed by atoms with Crippen LogP contribution < -0.4 is 5.32 Å². The van der Waals surface area contributed by atoms with Crippen LogP contribution in [0.15, 0.2) is 40.9 Å². The normalized spacial score (nSPS) is 10.9. The van der Waals surface area contributed by atoms with Crippen LogP contribution in [-0.4, -0.2) is 26.4 Å². The zero-order valence-corrected chi connectivity index (χ0v) is 16.8. The van der Waals surface area contributed by atoms with Crippen LogP contribution in [0.1, 0.15) is 22.9 Å². The Kier molecular flexibility index (Phi) is 6.11. The zero-order chi connectivity index (χ0) is 18.5. The number of aromatic nitrogens is 3. The summed E-state index contributed by atoms with van der Waals surface area (Å²) in [7, 11) is 0. The molecule has 0 aliphatic heterocycles. The van der Waals surface area contributed by atoms with Crippen molar-refractivity contribution in [3.05, 3.63) is 51.7 Å². The summed E-state index contributed by atoms with van der Waals surface area (Å²) in [6.07, 6.45) is 0. The van der Waals surface area contributed by atoms with E-state index in [1.807, 2.05) is 30.3 Å². The number of amides is 1. The van der Waals surface area contributed by atoms with Crippen LogP contribution in [0.5, 0.6) is 0 Å². The van der Waals surface area contributed by atoms with Crippen molar-refractivity contribution < 1.29 is 4.79 Å². The number of hydrogen-bond acceptors (Lipinski definition) is 5. The smallest absolute Gasteiger partial charge is 0.230 e. The molecule has 1 N–H and O–H groups in total. The van der Waals surface area contributed by atoms with Gasteiger partial charge in [0.2, 0.25) is 5.91 Å². The van der Waals surface area contributed by atoms with E-state index >= 15 is 0 Å². The van der Waals surface area contributed by atoms with Crippen LogP contribution in [0.2, 0.25) is 0 Å². The van der Waals surface area contributed by atoms with Crippen molar-refractivity contribution in [2.75, 3.05) is 5.75 Å².